The predicted molar refractivity (Wildman–Crippen MR) is 219 cm³/mol. The fourth-order valence-electron chi connectivity index (χ4n) is 6.84. The molecule has 0 bridgehead atoms. The number of benzene rings is 8. The van der Waals surface area contributed by atoms with E-state index in [0.29, 0.717) is 0 Å². The minimum Gasteiger partial charge on any atom is -0.508 e. The molecule has 0 saturated carbocycles. The molecule has 54 heavy (non-hydrogen) atoms. The predicted octanol–water partition coefficient (Wildman–Crippen LogP) is 12.2. The van der Waals surface area contributed by atoms with Gasteiger partial charge in [0, 0.05) is 0 Å². The monoisotopic (exact) mass is 700 g/mol. The number of hydrogen-bond donors (Lipinski definition) is 4. The van der Waals surface area contributed by atoms with E-state index in [-0.39, 0.29) is 23.0 Å². The van der Waals surface area contributed by atoms with Gasteiger partial charge in [-0.1, -0.05) is 146 Å². The molecular formula is C50H36O4. The summed E-state index contributed by atoms with van der Waals surface area (Å²) >= 11 is 0. The Labute approximate surface area is 314 Å². The van der Waals surface area contributed by atoms with Gasteiger partial charge in [-0.25, -0.2) is 0 Å². The molecule has 0 spiro atoms. The van der Waals surface area contributed by atoms with Crippen LogP contribution in [0.3, 0.4) is 0 Å². The zero-order valence-electron chi connectivity index (χ0n) is 29.3. The Morgan fingerprint density at radius 3 is 0.463 bits per heavy atom. The second-order valence-corrected chi connectivity index (χ2v) is 13.2. The third-order valence-corrected chi connectivity index (χ3v) is 9.75. The maximum absolute atomic E-state index is 9.88. The highest BCUT2D eigenvalue weighted by molar-refractivity contribution is 6.05. The van der Waals surface area contributed by atoms with Crippen LogP contribution in [0.2, 0.25) is 0 Å². The van der Waals surface area contributed by atoms with Crippen molar-refractivity contribution in [2.75, 3.05) is 0 Å². The van der Waals surface area contributed by atoms with Crippen molar-refractivity contribution in [2.45, 2.75) is 0 Å². The Hall–Kier alpha value is -7.30. The zero-order chi connectivity index (χ0) is 37.0. The maximum atomic E-state index is 9.88. The summed E-state index contributed by atoms with van der Waals surface area (Å²) in [6.45, 7) is 0. The van der Waals surface area contributed by atoms with Gasteiger partial charge in [-0.2, -0.15) is 0 Å². The Morgan fingerprint density at radius 1 is 0.185 bits per heavy atom. The average molecular weight is 701 g/mol. The molecule has 0 unspecified atom stereocenters. The molecular weight excluding hydrogens is 665 g/mol. The van der Waals surface area contributed by atoms with Crippen molar-refractivity contribution < 1.29 is 20.4 Å². The summed E-state index contributed by atoms with van der Waals surface area (Å²) in [4.78, 5) is 0. The van der Waals surface area contributed by atoms with Crippen molar-refractivity contribution in [3.8, 4) is 67.5 Å². The lowest BCUT2D eigenvalue weighted by Gasteiger charge is -2.19. The smallest absolute Gasteiger partial charge is 0.115 e. The summed E-state index contributed by atoms with van der Waals surface area (Å²) < 4.78 is 0. The van der Waals surface area contributed by atoms with Crippen molar-refractivity contribution in [1.82, 2.24) is 0 Å². The maximum Gasteiger partial charge on any atom is 0.115 e. The lowest BCUT2D eigenvalue weighted by Crippen LogP contribution is -1.98. The first-order valence-corrected chi connectivity index (χ1v) is 17.7. The molecule has 8 aromatic carbocycles. The van der Waals surface area contributed by atoms with Gasteiger partial charge in [-0.05, 0) is 126 Å². The van der Waals surface area contributed by atoms with Gasteiger partial charge in [0.2, 0.25) is 0 Å². The highest BCUT2D eigenvalue weighted by atomic mass is 16.3. The normalized spacial score (nSPS) is 10.9. The van der Waals surface area contributed by atoms with E-state index in [0.717, 1.165) is 77.9 Å². The SMILES string of the molecule is Oc1ccc(-c2ccc(C(=C(c3ccc(-c4ccc(O)cc4)cc3)c3ccc(-c4ccc(O)cc4)cc3)c3ccc(-c4ccc(O)cc4)cc3)cc2)cc1. The van der Waals surface area contributed by atoms with Crippen LogP contribution in [0, 0.1) is 0 Å². The molecule has 260 valence electrons. The van der Waals surface area contributed by atoms with Crippen LogP contribution in [-0.4, -0.2) is 20.4 Å². The minimum atomic E-state index is 0.230. The summed E-state index contributed by atoms with van der Waals surface area (Å²) in [6.07, 6.45) is 0. The lowest BCUT2D eigenvalue weighted by atomic mass is 9.84. The molecule has 0 atom stereocenters. The van der Waals surface area contributed by atoms with Crippen molar-refractivity contribution in [3.05, 3.63) is 216 Å². The van der Waals surface area contributed by atoms with Gasteiger partial charge in [-0.15, -0.1) is 0 Å². The largest absolute Gasteiger partial charge is 0.508 e. The molecule has 0 aromatic heterocycles. The van der Waals surface area contributed by atoms with Crippen LogP contribution >= 0.6 is 0 Å². The first-order valence-electron chi connectivity index (χ1n) is 17.7. The van der Waals surface area contributed by atoms with Gasteiger partial charge in [0.15, 0.2) is 0 Å². The highest BCUT2D eigenvalue weighted by Gasteiger charge is 2.18. The van der Waals surface area contributed by atoms with E-state index in [2.05, 4.69) is 97.1 Å². The quantitative estimate of drug-likeness (QED) is 0.119. The molecule has 0 saturated heterocycles. The van der Waals surface area contributed by atoms with E-state index in [1.807, 2.05) is 48.5 Å². The third kappa shape index (κ3) is 7.22. The van der Waals surface area contributed by atoms with Gasteiger partial charge in [-0.3, -0.25) is 0 Å². The second kappa shape index (κ2) is 14.7. The van der Waals surface area contributed by atoms with E-state index >= 15 is 0 Å². The van der Waals surface area contributed by atoms with Gasteiger partial charge in [0.25, 0.3) is 0 Å². The summed E-state index contributed by atoms with van der Waals surface area (Å²) in [5.41, 5.74) is 14.5. The van der Waals surface area contributed by atoms with Gasteiger partial charge >= 0.3 is 0 Å². The van der Waals surface area contributed by atoms with Crippen molar-refractivity contribution in [3.63, 3.8) is 0 Å². The zero-order valence-corrected chi connectivity index (χ0v) is 29.3. The fraction of sp³-hybridized carbons (Fsp3) is 0. The molecule has 0 fully saturated rings. The van der Waals surface area contributed by atoms with E-state index in [1.165, 1.54) is 0 Å². The van der Waals surface area contributed by atoms with Crippen LogP contribution in [-0.2, 0) is 0 Å². The van der Waals surface area contributed by atoms with E-state index < -0.39 is 0 Å². The third-order valence-electron chi connectivity index (χ3n) is 9.75. The number of rotatable bonds is 8. The molecule has 0 amide bonds. The number of phenolic OH excluding ortho intramolecular Hbond substituents is 4. The van der Waals surface area contributed by atoms with Crippen LogP contribution in [0.25, 0.3) is 55.7 Å². The molecule has 4 N–H and O–H groups in total. The summed E-state index contributed by atoms with van der Waals surface area (Å²) in [5.74, 6) is 0.922. The second-order valence-electron chi connectivity index (χ2n) is 13.2. The van der Waals surface area contributed by atoms with Crippen LogP contribution < -0.4 is 0 Å². The molecule has 0 aliphatic rings. The number of hydrogen-bond acceptors (Lipinski definition) is 4. The molecule has 0 aliphatic carbocycles. The van der Waals surface area contributed by atoms with Gasteiger partial charge in [0.05, 0.1) is 0 Å². The van der Waals surface area contributed by atoms with Crippen molar-refractivity contribution in [1.29, 1.82) is 0 Å². The topological polar surface area (TPSA) is 80.9 Å². The van der Waals surface area contributed by atoms with Crippen molar-refractivity contribution in [2.24, 2.45) is 0 Å². The van der Waals surface area contributed by atoms with Crippen LogP contribution in [0.5, 0.6) is 23.0 Å². The van der Waals surface area contributed by atoms with E-state index in [4.69, 9.17) is 0 Å². The Balaban J connectivity index is 1.32. The highest BCUT2D eigenvalue weighted by Crippen LogP contribution is 2.40. The van der Waals surface area contributed by atoms with Crippen LogP contribution in [0.1, 0.15) is 22.3 Å². The average Bonchev–Trinajstić information content (AvgIpc) is 3.22. The molecule has 0 radical (unpaired) electrons. The van der Waals surface area contributed by atoms with Crippen LogP contribution in [0.4, 0.5) is 0 Å². The number of phenols is 4. The van der Waals surface area contributed by atoms with Crippen molar-refractivity contribution >= 4 is 11.1 Å². The Bertz CT molecular complexity index is 2170. The Morgan fingerprint density at radius 2 is 0.315 bits per heavy atom. The summed E-state index contributed by atoms with van der Waals surface area (Å²) in [6, 6.07) is 63.1. The fourth-order valence-corrected chi connectivity index (χ4v) is 6.84. The van der Waals surface area contributed by atoms with Gasteiger partial charge in [0.1, 0.15) is 23.0 Å². The molecule has 0 aliphatic heterocycles. The lowest BCUT2D eigenvalue weighted by molar-refractivity contribution is 0.475. The van der Waals surface area contributed by atoms with E-state index in [9.17, 15) is 20.4 Å². The number of aromatic hydroxyl groups is 4. The molecule has 4 heteroatoms. The molecule has 0 heterocycles. The van der Waals surface area contributed by atoms with E-state index in [1.54, 1.807) is 48.5 Å². The molecule has 8 rings (SSSR count). The minimum absolute atomic E-state index is 0.230. The molecule has 8 aromatic rings. The first-order chi connectivity index (χ1) is 26.4. The van der Waals surface area contributed by atoms with Gasteiger partial charge < -0.3 is 20.4 Å². The summed E-state index contributed by atoms with van der Waals surface area (Å²) in [5, 5.41) is 39.5. The summed E-state index contributed by atoms with van der Waals surface area (Å²) in [7, 11) is 0. The standard InChI is InChI=1S/C50H36O4/c51-45-25-17-37(18-26-45)33-1-9-41(10-2-33)49(42-11-3-34(4-12-42)38-19-27-46(52)28-20-38)50(43-13-5-35(6-14-43)39-21-29-47(53)30-22-39)44-15-7-36(8-16-44)40-23-31-48(54)32-24-40/h1-32,51-54H. The van der Waals surface area contributed by atoms with Crippen LogP contribution in [0.15, 0.2) is 194 Å². The first kappa shape index (κ1) is 33.8. The molecule has 4 nitrogen and oxygen atoms in total. The Kier molecular flexibility index (Phi) is 9.23.